The van der Waals surface area contributed by atoms with Gasteiger partial charge in [0.2, 0.25) is 0 Å². The van der Waals surface area contributed by atoms with E-state index in [1.165, 1.54) is 7.11 Å². The van der Waals surface area contributed by atoms with Crippen LogP contribution in [0.2, 0.25) is 0 Å². The largest absolute Gasteiger partial charge is 0.478 e. The molecule has 1 aromatic rings. The summed E-state index contributed by atoms with van der Waals surface area (Å²) in [5.74, 6) is -0.823. The van der Waals surface area contributed by atoms with E-state index in [9.17, 15) is 15.0 Å². The number of aliphatic hydroxyl groups excluding tert-OH is 1. The van der Waals surface area contributed by atoms with E-state index in [-0.39, 0.29) is 18.0 Å². The van der Waals surface area contributed by atoms with Gasteiger partial charge in [-0.3, -0.25) is 0 Å². The molecule has 7 heteroatoms. The van der Waals surface area contributed by atoms with Crippen LogP contribution in [0.25, 0.3) is 0 Å². The van der Waals surface area contributed by atoms with E-state index in [4.69, 9.17) is 4.74 Å². The molecular formula is C12H19N3O4. The second kappa shape index (κ2) is 7.01. The Morgan fingerprint density at radius 1 is 1.42 bits per heavy atom. The summed E-state index contributed by atoms with van der Waals surface area (Å²) in [6, 6.07) is 0. The molecule has 0 aliphatic heterocycles. The first-order valence-electron chi connectivity index (χ1n) is 5.95. The van der Waals surface area contributed by atoms with E-state index in [0.29, 0.717) is 24.2 Å². The van der Waals surface area contributed by atoms with Crippen LogP contribution in [-0.4, -0.2) is 52.7 Å². The molecule has 0 aliphatic carbocycles. The standard InChI is InChI=1S/C12H19N3O4/c1-7-8(2)14-15-11(10(7)12(17)18)13-5-4-9(16)6-19-3/h9,16H,4-6H2,1-3H3,(H,13,15)(H,17,18). The molecular weight excluding hydrogens is 250 g/mol. The lowest BCUT2D eigenvalue weighted by Crippen LogP contribution is -2.20. The van der Waals surface area contributed by atoms with Gasteiger partial charge in [-0.1, -0.05) is 0 Å². The fourth-order valence-corrected chi connectivity index (χ4v) is 1.63. The predicted molar refractivity (Wildman–Crippen MR) is 69.5 cm³/mol. The topological polar surface area (TPSA) is 105 Å². The maximum Gasteiger partial charge on any atom is 0.339 e. The van der Waals surface area contributed by atoms with Gasteiger partial charge in [0.1, 0.15) is 5.56 Å². The number of aliphatic hydroxyl groups is 1. The zero-order valence-electron chi connectivity index (χ0n) is 11.3. The highest BCUT2D eigenvalue weighted by molar-refractivity contribution is 5.94. The van der Waals surface area contributed by atoms with Crippen molar-refractivity contribution in [3.8, 4) is 0 Å². The van der Waals surface area contributed by atoms with Crippen molar-refractivity contribution in [1.29, 1.82) is 0 Å². The van der Waals surface area contributed by atoms with Gasteiger partial charge in [0, 0.05) is 13.7 Å². The Balaban J connectivity index is 2.73. The maximum atomic E-state index is 11.2. The van der Waals surface area contributed by atoms with Crippen LogP contribution in [-0.2, 0) is 4.74 Å². The summed E-state index contributed by atoms with van der Waals surface area (Å²) in [5.41, 5.74) is 1.29. The van der Waals surface area contributed by atoms with E-state index in [1.807, 2.05) is 0 Å². The number of nitrogens with one attached hydrogen (secondary N) is 1. The monoisotopic (exact) mass is 269 g/mol. The lowest BCUT2D eigenvalue weighted by atomic mass is 10.1. The number of methoxy groups -OCH3 is 1. The number of nitrogens with zero attached hydrogens (tertiary/aromatic N) is 2. The molecule has 7 nitrogen and oxygen atoms in total. The number of anilines is 1. The second-order valence-electron chi connectivity index (χ2n) is 4.26. The number of carboxylic acid groups (broad SMARTS) is 1. The van der Waals surface area contributed by atoms with Crippen molar-refractivity contribution in [3.05, 3.63) is 16.8 Å². The SMILES string of the molecule is COCC(O)CCNc1nnc(C)c(C)c1C(=O)O. The fraction of sp³-hybridized carbons (Fsp3) is 0.583. The van der Waals surface area contributed by atoms with Crippen LogP contribution in [0.1, 0.15) is 28.0 Å². The summed E-state index contributed by atoms with van der Waals surface area (Å²) in [7, 11) is 1.51. The van der Waals surface area contributed by atoms with Crippen molar-refractivity contribution in [2.75, 3.05) is 25.6 Å². The summed E-state index contributed by atoms with van der Waals surface area (Å²) in [6.45, 7) is 4.04. The van der Waals surface area contributed by atoms with Crippen molar-refractivity contribution >= 4 is 11.8 Å². The average molecular weight is 269 g/mol. The van der Waals surface area contributed by atoms with E-state index in [0.717, 1.165) is 0 Å². The number of ether oxygens (including phenoxy) is 1. The van der Waals surface area contributed by atoms with Crippen LogP contribution in [0.4, 0.5) is 5.82 Å². The van der Waals surface area contributed by atoms with E-state index < -0.39 is 12.1 Å². The second-order valence-corrected chi connectivity index (χ2v) is 4.26. The minimum absolute atomic E-state index is 0.119. The van der Waals surface area contributed by atoms with Gasteiger partial charge in [0.05, 0.1) is 18.4 Å². The Kier molecular flexibility index (Phi) is 5.65. The number of hydrogen-bond donors (Lipinski definition) is 3. The van der Waals surface area contributed by atoms with Gasteiger partial charge >= 0.3 is 5.97 Å². The number of aryl methyl sites for hydroxylation is 1. The van der Waals surface area contributed by atoms with Gasteiger partial charge < -0.3 is 20.3 Å². The molecule has 1 atom stereocenters. The summed E-state index contributed by atoms with van der Waals surface area (Å²) in [5, 5.41) is 29.3. The quantitative estimate of drug-likeness (QED) is 0.665. The van der Waals surface area contributed by atoms with Crippen LogP contribution >= 0.6 is 0 Å². The first-order valence-corrected chi connectivity index (χ1v) is 5.95. The molecule has 0 bridgehead atoms. The van der Waals surface area contributed by atoms with Gasteiger partial charge in [-0.25, -0.2) is 4.79 Å². The molecule has 0 aromatic carbocycles. The predicted octanol–water partition coefficient (Wildman–Crippen LogP) is 0.601. The summed E-state index contributed by atoms with van der Waals surface area (Å²) >= 11 is 0. The van der Waals surface area contributed by atoms with E-state index >= 15 is 0 Å². The molecule has 19 heavy (non-hydrogen) atoms. The van der Waals surface area contributed by atoms with Gasteiger partial charge in [0.25, 0.3) is 0 Å². The molecule has 0 saturated heterocycles. The van der Waals surface area contributed by atoms with Crippen LogP contribution in [0.15, 0.2) is 0 Å². The fourth-order valence-electron chi connectivity index (χ4n) is 1.63. The Labute approximate surface area is 111 Å². The third-order valence-electron chi connectivity index (χ3n) is 2.80. The molecule has 0 spiro atoms. The molecule has 1 rings (SSSR count). The first kappa shape index (κ1) is 15.3. The molecule has 1 heterocycles. The van der Waals surface area contributed by atoms with Crippen molar-refractivity contribution in [2.45, 2.75) is 26.4 Å². The van der Waals surface area contributed by atoms with Crippen LogP contribution in [0.5, 0.6) is 0 Å². The van der Waals surface area contributed by atoms with E-state index in [1.54, 1.807) is 13.8 Å². The number of aromatic carboxylic acids is 1. The third-order valence-corrected chi connectivity index (χ3v) is 2.80. The Hall–Kier alpha value is -1.73. The Morgan fingerprint density at radius 2 is 2.11 bits per heavy atom. The van der Waals surface area contributed by atoms with E-state index in [2.05, 4.69) is 15.5 Å². The maximum absolute atomic E-state index is 11.2. The minimum atomic E-state index is -1.05. The number of hydrogen-bond acceptors (Lipinski definition) is 6. The van der Waals surface area contributed by atoms with Gasteiger partial charge in [-0.2, -0.15) is 5.10 Å². The highest BCUT2D eigenvalue weighted by Crippen LogP contribution is 2.18. The number of aromatic nitrogens is 2. The molecule has 0 aliphatic rings. The van der Waals surface area contributed by atoms with Crippen LogP contribution < -0.4 is 5.32 Å². The highest BCUT2D eigenvalue weighted by atomic mass is 16.5. The smallest absolute Gasteiger partial charge is 0.339 e. The van der Waals surface area contributed by atoms with Gasteiger partial charge in [-0.05, 0) is 25.8 Å². The molecule has 0 radical (unpaired) electrons. The average Bonchev–Trinajstić information content (AvgIpc) is 2.33. The summed E-state index contributed by atoms with van der Waals surface area (Å²) in [6.07, 6.45) is -0.160. The zero-order chi connectivity index (χ0) is 14.4. The van der Waals surface area contributed by atoms with Crippen molar-refractivity contribution < 1.29 is 19.7 Å². The van der Waals surface area contributed by atoms with Gasteiger partial charge in [-0.15, -0.1) is 5.10 Å². The Bertz CT molecular complexity index is 451. The Morgan fingerprint density at radius 3 is 2.68 bits per heavy atom. The minimum Gasteiger partial charge on any atom is -0.478 e. The third kappa shape index (κ3) is 4.15. The molecule has 3 N–H and O–H groups in total. The molecule has 0 amide bonds. The molecule has 0 fully saturated rings. The van der Waals surface area contributed by atoms with Crippen LogP contribution in [0.3, 0.4) is 0 Å². The number of carboxylic acids is 1. The van der Waals surface area contributed by atoms with Crippen molar-refractivity contribution in [2.24, 2.45) is 0 Å². The summed E-state index contributed by atoms with van der Waals surface area (Å²) in [4.78, 5) is 11.2. The molecule has 0 saturated carbocycles. The normalized spacial score (nSPS) is 12.2. The van der Waals surface area contributed by atoms with Crippen molar-refractivity contribution in [1.82, 2.24) is 10.2 Å². The number of carbonyl (C=O) groups is 1. The van der Waals surface area contributed by atoms with Gasteiger partial charge in [0.15, 0.2) is 5.82 Å². The first-order chi connectivity index (χ1) is 8.97. The number of rotatable bonds is 7. The summed E-state index contributed by atoms with van der Waals surface area (Å²) < 4.78 is 4.80. The lowest BCUT2D eigenvalue weighted by molar-refractivity contribution is 0.0615. The van der Waals surface area contributed by atoms with Crippen LogP contribution in [0, 0.1) is 13.8 Å². The molecule has 1 unspecified atom stereocenters. The zero-order valence-corrected chi connectivity index (χ0v) is 11.3. The lowest BCUT2D eigenvalue weighted by Gasteiger charge is -2.13. The molecule has 106 valence electrons. The van der Waals surface area contributed by atoms with Crippen molar-refractivity contribution in [3.63, 3.8) is 0 Å². The highest BCUT2D eigenvalue weighted by Gasteiger charge is 2.17. The molecule has 1 aromatic heterocycles.